The Morgan fingerprint density at radius 2 is 1.91 bits per heavy atom. The predicted molar refractivity (Wildman–Crippen MR) is 85.0 cm³/mol. The van der Waals surface area contributed by atoms with Gasteiger partial charge in [-0.3, -0.25) is 4.79 Å². The number of rotatable bonds is 5. The van der Waals surface area contributed by atoms with Gasteiger partial charge < -0.3 is 14.8 Å². The first-order chi connectivity index (χ1) is 10.5. The molecule has 0 bridgehead atoms. The van der Waals surface area contributed by atoms with Gasteiger partial charge in [-0.1, -0.05) is 29.3 Å². The second-order valence-electron chi connectivity index (χ2n) is 4.37. The zero-order valence-corrected chi connectivity index (χ0v) is 13.5. The monoisotopic (exact) mass is 340 g/mol. The largest absolute Gasteiger partial charge is 0.493 e. The molecule has 0 atom stereocenters. The fourth-order valence-electron chi connectivity index (χ4n) is 1.82. The molecule has 5 nitrogen and oxygen atoms in total. The second-order valence-corrected chi connectivity index (χ2v) is 5.13. The van der Waals surface area contributed by atoms with E-state index in [0.717, 1.165) is 5.56 Å². The van der Waals surface area contributed by atoms with Crippen LogP contribution in [-0.4, -0.2) is 25.1 Å². The number of hydrogen-bond donors (Lipinski definition) is 1. The number of hydrogen-bond acceptors (Lipinski definition) is 4. The van der Waals surface area contributed by atoms with Crippen LogP contribution in [-0.2, 0) is 6.54 Å². The van der Waals surface area contributed by atoms with E-state index in [1.807, 2.05) is 6.07 Å². The Hall–Kier alpha value is -1.98. The van der Waals surface area contributed by atoms with E-state index in [2.05, 4.69) is 10.3 Å². The Kier molecular flexibility index (Phi) is 5.46. The van der Waals surface area contributed by atoms with Crippen LogP contribution in [0.15, 0.2) is 30.5 Å². The molecule has 22 heavy (non-hydrogen) atoms. The quantitative estimate of drug-likeness (QED) is 0.848. The molecule has 2 rings (SSSR count). The maximum Gasteiger partial charge on any atom is 0.253 e. The minimum atomic E-state index is -0.291. The second kappa shape index (κ2) is 7.33. The predicted octanol–water partition coefficient (Wildman–Crippen LogP) is 3.34. The van der Waals surface area contributed by atoms with Crippen molar-refractivity contribution in [2.24, 2.45) is 0 Å². The number of methoxy groups -OCH3 is 2. The minimum absolute atomic E-state index is 0.165. The van der Waals surface area contributed by atoms with Crippen molar-refractivity contribution in [1.82, 2.24) is 10.3 Å². The lowest BCUT2D eigenvalue weighted by Gasteiger charge is -2.10. The highest BCUT2D eigenvalue weighted by Crippen LogP contribution is 2.27. The van der Waals surface area contributed by atoms with Gasteiger partial charge in [-0.15, -0.1) is 0 Å². The lowest BCUT2D eigenvalue weighted by molar-refractivity contribution is 0.0950. The maximum atomic E-state index is 12.1. The molecule has 0 aliphatic rings. The molecular formula is C15H14Cl2N2O3. The van der Waals surface area contributed by atoms with Crippen molar-refractivity contribution in [3.63, 3.8) is 0 Å². The standard InChI is InChI=1S/C15H14Cl2N2O3/c1-21-12-4-3-9(5-13(12)22-2)7-19-15(20)10-6-11(16)14(17)18-8-10/h3-6,8H,7H2,1-2H3,(H,19,20). The number of aromatic nitrogens is 1. The molecule has 1 N–H and O–H groups in total. The van der Waals surface area contributed by atoms with Gasteiger partial charge in [0.05, 0.1) is 24.8 Å². The summed E-state index contributed by atoms with van der Waals surface area (Å²) in [5, 5.41) is 3.18. The maximum absolute atomic E-state index is 12.1. The first kappa shape index (κ1) is 16.4. The van der Waals surface area contributed by atoms with Gasteiger partial charge in [0.2, 0.25) is 0 Å². The number of halogens is 2. The number of carbonyl (C=O) groups is 1. The number of ether oxygens (including phenoxy) is 2. The van der Waals surface area contributed by atoms with Gasteiger partial charge in [0.25, 0.3) is 5.91 Å². The SMILES string of the molecule is COc1ccc(CNC(=O)c2cnc(Cl)c(Cl)c2)cc1OC. The molecule has 0 unspecified atom stereocenters. The highest BCUT2D eigenvalue weighted by molar-refractivity contribution is 6.41. The summed E-state index contributed by atoms with van der Waals surface area (Å²) in [5.41, 5.74) is 1.22. The number of amides is 1. The molecule has 7 heteroatoms. The van der Waals surface area contributed by atoms with Crippen molar-refractivity contribution < 1.29 is 14.3 Å². The third-order valence-corrected chi connectivity index (χ3v) is 3.65. The summed E-state index contributed by atoms with van der Waals surface area (Å²) < 4.78 is 10.4. The molecule has 0 spiro atoms. The smallest absolute Gasteiger partial charge is 0.253 e. The first-order valence-electron chi connectivity index (χ1n) is 6.35. The Bertz CT molecular complexity index is 692. The number of benzene rings is 1. The average molecular weight is 341 g/mol. The molecule has 2 aromatic rings. The van der Waals surface area contributed by atoms with Crippen LogP contribution in [0.5, 0.6) is 11.5 Å². The topological polar surface area (TPSA) is 60.5 Å². The highest BCUT2D eigenvalue weighted by atomic mass is 35.5. The average Bonchev–Trinajstić information content (AvgIpc) is 2.54. The molecule has 1 aromatic heterocycles. The number of nitrogens with one attached hydrogen (secondary N) is 1. The van der Waals surface area contributed by atoms with Gasteiger partial charge >= 0.3 is 0 Å². The molecule has 1 heterocycles. The van der Waals surface area contributed by atoms with E-state index in [4.69, 9.17) is 32.7 Å². The van der Waals surface area contributed by atoms with E-state index in [-0.39, 0.29) is 16.1 Å². The Morgan fingerprint density at radius 1 is 1.18 bits per heavy atom. The van der Waals surface area contributed by atoms with Crippen molar-refractivity contribution in [3.8, 4) is 11.5 Å². The van der Waals surface area contributed by atoms with Gasteiger partial charge in [0.1, 0.15) is 5.15 Å². The van der Waals surface area contributed by atoms with Crippen LogP contribution in [0.4, 0.5) is 0 Å². The van der Waals surface area contributed by atoms with E-state index in [0.29, 0.717) is 23.6 Å². The zero-order chi connectivity index (χ0) is 16.1. The molecule has 1 amide bonds. The van der Waals surface area contributed by atoms with E-state index in [1.165, 1.54) is 12.3 Å². The fourth-order valence-corrected chi connectivity index (χ4v) is 2.09. The van der Waals surface area contributed by atoms with Crippen molar-refractivity contribution in [1.29, 1.82) is 0 Å². The molecule has 0 aliphatic carbocycles. The Labute approximate surface area is 138 Å². The van der Waals surface area contributed by atoms with Crippen LogP contribution in [0.25, 0.3) is 0 Å². The first-order valence-corrected chi connectivity index (χ1v) is 7.11. The zero-order valence-electron chi connectivity index (χ0n) is 12.0. The molecular weight excluding hydrogens is 327 g/mol. The molecule has 1 aromatic carbocycles. The molecule has 0 fully saturated rings. The van der Waals surface area contributed by atoms with Gasteiger partial charge in [0, 0.05) is 12.7 Å². The molecule has 0 saturated heterocycles. The molecule has 116 valence electrons. The molecule has 0 aliphatic heterocycles. The lowest BCUT2D eigenvalue weighted by Crippen LogP contribution is -2.23. The molecule has 0 radical (unpaired) electrons. The van der Waals surface area contributed by atoms with Gasteiger partial charge in [-0.2, -0.15) is 0 Å². The summed E-state index contributed by atoms with van der Waals surface area (Å²) in [6.45, 7) is 0.333. The third kappa shape index (κ3) is 3.81. The third-order valence-electron chi connectivity index (χ3n) is 2.96. The van der Waals surface area contributed by atoms with Crippen LogP contribution < -0.4 is 14.8 Å². The number of carbonyl (C=O) groups excluding carboxylic acids is 1. The summed E-state index contributed by atoms with van der Waals surface area (Å²) in [5.74, 6) is 0.942. The van der Waals surface area contributed by atoms with Crippen LogP contribution in [0.2, 0.25) is 10.2 Å². The van der Waals surface area contributed by atoms with E-state index in [9.17, 15) is 4.79 Å². The van der Waals surface area contributed by atoms with Gasteiger partial charge in [0.15, 0.2) is 11.5 Å². The van der Waals surface area contributed by atoms with Crippen LogP contribution in [0.1, 0.15) is 15.9 Å². The Morgan fingerprint density at radius 3 is 2.55 bits per heavy atom. The number of pyridine rings is 1. The van der Waals surface area contributed by atoms with E-state index in [1.54, 1.807) is 26.4 Å². The van der Waals surface area contributed by atoms with Crippen molar-refractivity contribution in [2.45, 2.75) is 6.54 Å². The van der Waals surface area contributed by atoms with E-state index >= 15 is 0 Å². The summed E-state index contributed by atoms with van der Waals surface area (Å²) >= 11 is 11.6. The lowest BCUT2D eigenvalue weighted by atomic mass is 10.2. The summed E-state index contributed by atoms with van der Waals surface area (Å²) in [6.07, 6.45) is 1.37. The number of nitrogens with zero attached hydrogens (tertiary/aromatic N) is 1. The Balaban J connectivity index is 2.06. The summed E-state index contributed by atoms with van der Waals surface area (Å²) in [4.78, 5) is 15.9. The highest BCUT2D eigenvalue weighted by Gasteiger charge is 2.10. The van der Waals surface area contributed by atoms with Crippen molar-refractivity contribution in [2.75, 3.05) is 14.2 Å². The normalized spacial score (nSPS) is 10.2. The van der Waals surface area contributed by atoms with Gasteiger partial charge in [-0.05, 0) is 23.8 Å². The van der Waals surface area contributed by atoms with Crippen LogP contribution in [0.3, 0.4) is 0 Å². The van der Waals surface area contributed by atoms with Crippen LogP contribution in [0, 0.1) is 0 Å². The summed E-state index contributed by atoms with van der Waals surface area (Å²) in [6, 6.07) is 6.89. The summed E-state index contributed by atoms with van der Waals surface area (Å²) in [7, 11) is 3.12. The minimum Gasteiger partial charge on any atom is -0.493 e. The fraction of sp³-hybridized carbons (Fsp3) is 0.200. The van der Waals surface area contributed by atoms with Crippen molar-refractivity contribution in [3.05, 3.63) is 51.8 Å². The van der Waals surface area contributed by atoms with Gasteiger partial charge in [-0.25, -0.2) is 4.98 Å². The van der Waals surface area contributed by atoms with Crippen LogP contribution >= 0.6 is 23.2 Å². The van der Waals surface area contributed by atoms with E-state index < -0.39 is 0 Å². The van der Waals surface area contributed by atoms with Crippen molar-refractivity contribution >= 4 is 29.1 Å². The molecule has 0 saturated carbocycles.